The summed E-state index contributed by atoms with van der Waals surface area (Å²) in [6.07, 6.45) is 1.59. The molecule has 2 aromatic carbocycles. The van der Waals surface area contributed by atoms with Crippen LogP contribution in [-0.2, 0) is 16.6 Å². The van der Waals surface area contributed by atoms with E-state index in [-0.39, 0.29) is 12.6 Å². The van der Waals surface area contributed by atoms with Crippen LogP contribution < -0.4 is 9.46 Å². The highest BCUT2D eigenvalue weighted by Crippen LogP contribution is 2.20. The lowest BCUT2D eigenvalue weighted by Gasteiger charge is -2.32. The third-order valence-electron chi connectivity index (χ3n) is 4.98. The SMILES string of the molecule is Cc1ccccc1S(=O)(=O)NC1CCN(Cc2ccc(OCCO)cc2)CC1. The molecule has 1 saturated heterocycles. The number of aliphatic hydroxyl groups excluding tert-OH is 1. The van der Waals surface area contributed by atoms with Gasteiger partial charge in [-0.2, -0.15) is 0 Å². The van der Waals surface area contributed by atoms with Gasteiger partial charge in [-0.1, -0.05) is 30.3 Å². The molecule has 0 spiro atoms. The Labute approximate surface area is 167 Å². The highest BCUT2D eigenvalue weighted by atomic mass is 32.2. The number of aliphatic hydroxyl groups is 1. The number of piperidine rings is 1. The van der Waals surface area contributed by atoms with E-state index in [9.17, 15) is 8.42 Å². The van der Waals surface area contributed by atoms with Gasteiger partial charge in [-0.05, 0) is 49.1 Å². The Morgan fingerprint density at radius 2 is 1.79 bits per heavy atom. The van der Waals surface area contributed by atoms with Crippen molar-refractivity contribution in [2.24, 2.45) is 0 Å². The van der Waals surface area contributed by atoms with E-state index in [1.54, 1.807) is 12.1 Å². The number of sulfonamides is 1. The van der Waals surface area contributed by atoms with Gasteiger partial charge in [0.2, 0.25) is 10.0 Å². The lowest BCUT2D eigenvalue weighted by molar-refractivity contribution is 0.198. The molecule has 0 aliphatic carbocycles. The Bertz CT molecular complexity index is 860. The van der Waals surface area contributed by atoms with Crippen LogP contribution in [0, 0.1) is 6.92 Å². The topological polar surface area (TPSA) is 78.9 Å². The van der Waals surface area contributed by atoms with Crippen molar-refractivity contribution in [2.45, 2.75) is 37.2 Å². The predicted octanol–water partition coefficient (Wildman–Crippen LogP) is 2.31. The van der Waals surface area contributed by atoms with Crippen molar-refractivity contribution in [3.63, 3.8) is 0 Å². The molecule has 0 saturated carbocycles. The Kier molecular flexibility index (Phi) is 7.07. The lowest BCUT2D eigenvalue weighted by atomic mass is 10.1. The van der Waals surface area contributed by atoms with E-state index in [1.807, 2.05) is 43.3 Å². The molecule has 0 unspecified atom stereocenters. The van der Waals surface area contributed by atoms with Crippen molar-refractivity contribution in [3.05, 3.63) is 59.7 Å². The number of nitrogens with zero attached hydrogens (tertiary/aromatic N) is 1. The smallest absolute Gasteiger partial charge is 0.241 e. The second-order valence-electron chi connectivity index (χ2n) is 7.15. The molecule has 2 N–H and O–H groups in total. The minimum atomic E-state index is -3.48. The van der Waals surface area contributed by atoms with Crippen molar-refractivity contribution in [1.82, 2.24) is 9.62 Å². The summed E-state index contributed by atoms with van der Waals surface area (Å²) >= 11 is 0. The summed E-state index contributed by atoms with van der Waals surface area (Å²) in [5.74, 6) is 0.752. The molecule has 152 valence electrons. The molecule has 6 nitrogen and oxygen atoms in total. The van der Waals surface area contributed by atoms with Crippen LogP contribution in [0.3, 0.4) is 0 Å². The number of likely N-dealkylation sites (tertiary alicyclic amines) is 1. The zero-order chi connectivity index (χ0) is 20.0. The average Bonchev–Trinajstić information content (AvgIpc) is 2.69. The van der Waals surface area contributed by atoms with Crippen molar-refractivity contribution >= 4 is 10.0 Å². The van der Waals surface area contributed by atoms with Crippen LogP contribution in [0.4, 0.5) is 0 Å². The fourth-order valence-electron chi connectivity index (χ4n) is 3.46. The molecule has 0 bridgehead atoms. The molecule has 0 atom stereocenters. The van der Waals surface area contributed by atoms with Crippen molar-refractivity contribution in [2.75, 3.05) is 26.3 Å². The van der Waals surface area contributed by atoms with Crippen molar-refractivity contribution < 1.29 is 18.3 Å². The number of rotatable bonds is 8. The van der Waals surface area contributed by atoms with Gasteiger partial charge in [0.25, 0.3) is 0 Å². The van der Waals surface area contributed by atoms with Crippen LogP contribution in [0.1, 0.15) is 24.0 Å². The number of nitrogens with one attached hydrogen (secondary N) is 1. The quantitative estimate of drug-likeness (QED) is 0.706. The van der Waals surface area contributed by atoms with Crippen LogP contribution >= 0.6 is 0 Å². The van der Waals surface area contributed by atoms with Crippen LogP contribution in [0.15, 0.2) is 53.4 Å². The van der Waals surface area contributed by atoms with Crippen LogP contribution in [0.2, 0.25) is 0 Å². The zero-order valence-electron chi connectivity index (χ0n) is 16.2. The molecule has 1 aliphatic rings. The molecule has 1 heterocycles. The first-order valence-electron chi connectivity index (χ1n) is 9.61. The minimum Gasteiger partial charge on any atom is -0.491 e. The van der Waals surface area contributed by atoms with Gasteiger partial charge in [0.05, 0.1) is 11.5 Å². The second-order valence-corrected chi connectivity index (χ2v) is 8.84. The summed E-state index contributed by atoms with van der Waals surface area (Å²) in [6.45, 7) is 4.65. The Hall–Kier alpha value is -1.93. The van der Waals surface area contributed by atoms with E-state index in [0.717, 1.165) is 43.8 Å². The summed E-state index contributed by atoms with van der Waals surface area (Å²) in [4.78, 5) is 2.70. The van der Waals surface area contributed by atoms with Crippen molar-refractivity contribution in [3.8, 4) is 5.75 Å². The normalized spacial score (nSPS) is 16.2. The summed E-state index contributed by atoms with van der Waals surface area (Å²) in [7, 11) is -3.48. The third-order valence-corrected chi connectivity index (χ3v) is 6.66. The largest absolute Gasteiger partial charge is 0.491 e. The monoisotopic (exact) mass is 404 g/mol. The van der Waals surface area contributed by atoms with E-state index < -0.39 is 10.0 Å². The van der Waals surface area contributed by atoms with E-state index in [2.05, 4.69) is 9.62 Å². The van der Waals surface area contributed by atoms with Gasteiger partial charge in [0.1, 0.15) is 12.4 Å². The third kappa shape index (κ3) is 5.54. The first-order chi connectivity index (χ1) is 13.5. The number of hydrogen-bond acceptors (Lipinski definition) is 5. The van der Waals surface area contributed by atoms with Gasteiger partial charge in [-0.15, -0.1) is 0 Å². The number of aryl methyl sites for hydroxylation is 1. The highest BCUT2D eigenvalue weighted by molar-refractivity contribution is 7.89. The van der Waals surface area contributed by atoms with Crippen LogP contribution in [0.25, 0.3) is 0 Å². The molecule has 2 aromatic rings. The maximum atomic E-state index is 12.6. The van der Waals surface area contributed by atoms with Crippen LogP contribution in [-0.4, -0.2) is 50.8 Å². The maximum absolute atomic E-state index is 12.6. The molecule has 0 aromatic heterocycles. The molecule has 28 heavy (non-hydrogen) atoms. The molecule has 3 rings (SSSR count). The Morgan fingerprint density at radius 1 is 1.11 bits per heavy atom. The number of ether oxygens (including phenoxy) is 1. The molecule has 7 heteroatoms. The van der Waals surface area contributed by atoms with E-state index >= 15 is 0 Å². The Balaban J connectivity index is 1.50. The number of hydrogen-bond donors (Lipinski definition) is 2. The van der Waals surface area contributed by atoms with E-state index in [1.165, 1.54) is 5.56 Å². The lowest BCUT2D eigenvalue weighted by Crippen LogP contribution is -2.44. The zero-order valence-corrected chi connectivity index (χ0v) is 17.0. The highest BCUT2D eigenvalue weighted by Gasteiger charge is 2.25. The average molecular weight is 405 g/mol. The number of benzene rings is 2. The second kappa shape index (κ2) is 9.52. The summed E-state index contributed by atoms with van der Waals surface area (Å²) < 4.78 is 33.5. The van der Waals surface area contributed by atoms with Crippen molar-refractivity contribution in [1.29, 1.82) is 0 Å². The summed E-state index contributed by atoms with van der Waals surface area (Å²) in [5, 5.41) is 8.79. The summed E-state index contributed by atoms with van der Waals surface area (Å²) in [5.41, 5.74) is 1.95. The van der Waals surface area contributed by atoms with Crippen LogP contribution in [0.5, 0.6) is 5.75 Å². The first kappa shape index (κ1) is 20.8. The molecule has 1 aliphatic heterocycles. The standard InChI is InChI=1S/C21H28N2O4S/c1-17-4-2-3-5-21(17)28(25,26)22-19-10-12-23(13-11-19)16-18-6-8-20(9-7-18)27-15-14-24/h2-9,19,22,24H,10-16H2,1H3. The molecule has 0 radical (unpaired) electrons. The van der Waals surface area contributed by atoms with E-state index in [0.29, 0.717) is 11.5 Å². The van der Waals surface area contributed by atoms with Gasteiger partial charge in [0.15, 0.2) is 0 Å². The van der Waals surface area contributed by atoms with Gasteiger partial charge in [0, 0.05) is 25.7 Å². The molecule has 1 fully saturated rings. The molecular formula is C21H28N2O4S. The van der Waals surface area contributed by atoms with Gasteiger partial charge >= 0.3 is 0 Å². The fraction of sp³-hybridized carbons (Fsp3) is 0.429. The van der Waals surface area contributed by atoms with E-state index in [4.69, 9.17) is 9.84 Å². The van der Waals surface area contributed by atoms with Gasteiger partial charge in [-0.25, -0.2) is 13.1 Å². The maximum Gasteiger partial charge on any atom is 0.241 e. The first-order valence-corrected chi connectivity index (χ1v) is 11.1. The summed E-state index contributed by atoms with van der Waals surface area (Å²) in [6, 6.07) is 14.9. The van der Waals surface area contributed by atoms with Gasteiger partial charge < -0.3 is 9.84 Å². The Morgan fingerprint density at radius 3 is 2.43 bits per heavy atom. The molecule has 0 amide bonds. The minimum absolute atomic E-state index is 0.00426. The predicted molar refractivity (Wildman–Crippen MR) is 109 cm³/mol. The van der Waals surface area contributed by atoms with Gasteiger partial charge in [-0.3, -0.25) is 4.90 Å². The fourth-order valence-corrected chi connectivity index (χ4v) is 5.01. The molecular weight excluding hydrogens is 376 g/mol.